The fourth-order valence-corrected chi connectivity index (χ4v) is 8.57. The predicted molar refractivity (Wildman–Crippen MR) is 112 cm³/mol. The summed E-state index contributed by atoms with van der Waals surface area (Å²) in [5, 5.41) is 14.1. The Morgan fingerprint density at radius 3 is 2.35 bits per heavy atom. The zero-order valence-electron chi connectivity index (χ0n) is 17.5. The first-order valence-electron chi connectivity index (χ1n) is 11.3. The van der Waals surface area contributed by atoms with E-state index in [-0.39, 0.29) is 18.5 Å². The smallest absolute Gasteiger partial charge is 0.0545 e. The Morgan fingerprint density at radius 2 is 1.65 bits per heavy atom. The maximum absolute atomic E-state index is 10.4. The van der Waals surface area contributed by atoms with Gasteiger partial charge in [0.05, 0.1) is 6.10 Å². The summed E-state index contributed by atoms with van der Waals surface area (Å²) in [5.74, 6) is 4.28. The van der Waals surface area contributed by atoms with Crippen LogP contribution in [0.1, 0.15) is 85.5 Å². The molecule has 0 aromatic heterocycles. The zero-order valence-corrected chi connectivity index (χ0v) is 18.3. The second kappa shape index (κ2) is 7.56. The summed E-state index contributed by atoms with van der Waals surface area (Å²) < 4.78 is 0. The lowest BCUT2D eigenvalue weighted by Gasteiger charge is -2.61. The lowest BCUT2D eigenvalue weighted by molar-refractivity contribution is -0.121. The van der Waals surface area contributed by atoms with Crippen LogP contribution in [0.25, 0.3) is 0 Å². The lowest BCUT2D eigenvalue weighted by Crippen LogP contribution is -2.55. The van der Waals surface area contributed by atoms with Crippen LogP contribution in [0.15, 0.2) is 0 Å². The van der Waals surface area contributed by atoms with Gasteiger partial charge in [-0.1, -0.05) is 20.8 Å². The van der Waals surface area contributed by atoms with Gasteiger partial charge in [-0.2, -0.15) is 0 Å². The Hall–Kier alpha value is 0.210. The van der Waals surface area contributed by atoms with Gasteiger partial charge >= 0.3 is 0 Å². The molecule has 4 fully saturated rings. The molecule has 4 rings (SSSR count). The highest BCUT2D eigenvalue weighted by molar-refractivity contribution is 5.85. The maximum Gasteiger partial charge on any atom is 0.0545 e. The molecule has 4 aliphatic carbocycles. The van der Waals surface area contributed by atoms with Crippen LogP contribution in [0.4, 0.5) is 0 Å². The van der Waals surface area contributed by atoms with E-state index in [0.29, 0.717) is 16.7 Å². The van der Waals surface area contributed by atoms with Crippen molar-refractivity contribution < 1.29 is 5.11 Å². The van der Waals surface area contributed by atoms with Gasteiger partial charge in [-0.3, -0.25) is 0 Å². The molecule has 0 bridgehead atoms. The van der Waals surface area contributed by atoms with E-state index in [2.05, 4.69) is 26.1 Å². The zero-order chi connectivity index (χ0) is 17.8. The lowest BCUT2D eigenvalue weighted by atomic mass is 9.44. The fourth-order valence-electron chi connectivity index (χ4n) is 8.57. The molecule has 1 unspecified atom stereocenters. The summed E-state index contributed by atoms with van der Waals surface area (Å²) in [6.07, 6.45) is 12.5. The minimum absolute atomic E-state index is 0. The van der Waals surface area contributed by atoms with Crippen LogP contribution < -0.4 is 5.32 Å². The quantitative estimate of drug-likeness (QED) is 0.681. The van der Waals surface area contributed by atoms with Gasteiger partial charge in [0.25, 0.3) is 0 Å². The van der Waals surface area contributed by atoms with Crippen LogP contribution in [0, 0.1) is 40.4 Å². The summed E-state index contributed by atoms with van der Waals surface area (Å²) in [5.41, 5.74) is 1.01. The molecule has 0 spiro atoms. The molecule has 26 heavy (non-hydrogen) atoms. The normalized spacial score (nSPS) is 51.6. The van der Waals surface area contributed by atoms with E-state index in [9.17, 15) is 5.11 Å². The van der Waals surface area contributed by atoms with Gasteiger partial charge in [-0.05, 0) is 112 Å². The average Bonchev–Trinajstić information content (AvgIpc) is 2.93. The molecule has 0 aromatic rings. The molecule has 0 heterocycles. The van der Waals surface area contributed by atoms with Crippen molar-refractivity contribution in [2.75, 3.05) is 6.54 Å². The van der Waals surface area contributed by atoms with Gasteiger partial charge in [0.2, 0.25) is 0 Å². The van der Waals surface area contributed by atoms with E-state index < -0.39 is 0 Å². The van der Waals surface area contributed by atoms with Crippen molar-refractivity contribution in [2.24, 2.45) is 40.4 Å². The molecule has 2 nitrogen and oxygen atoms in total. The van der Waals surface area contributed by atoms with E-state index in [1.807, 2.05) is 6.92 Å². The topological polar surface area (TPSA) is 32.3 Å². The van der Waals surface area contributed by atoms with E-state index in [1.165, 1.54) is 57.8 Å². The number of fused-ring (bicyclic) bond motifs is 5. The van der Waals surface area contributed by atoms with E-state index >= 15 is 0 Å². The second-order valence-electron chi connectivity index (χ2n) is 10.7. The van der Waals surface area contributed by atoms with Crippen LogP contribution in [-0.4, -0.2) is 23.8 Å². The molecule has 0 aliphatic heterocycles. The van der Waals surface area contributed by atoms with Crippen molar-refractivity contribution in [1.29, 1.82) is 0 Å². The number of rotatable bonds is 3. The molecular formula is C23H42ClNO. The minimum atomic E-state index is -0.117. The first-order chi connectivity index (χ1) is 11.9. The third-order valence-corrected chi connectivity index (χ3v) is 9.81. The van der Waals surface area contributed by atoms with Crippen molar-refractivity contribution in [3.05, 3.63) is 0 Å². The highest BCUT2D eigenvalue weighted by atomic mass is 35.5. The summed E-state index contributed by atoms with van der Waals surface area (Å²) in [6.45, 7) is 10.6. The number of nitrogens with one attached hydrogen (secondary N) is 1. The Kier molecular flexibility index (Phi) is 6.09. The summed E-state index contributed by atoms with van der Waals surface area (Å²) in [4.78, 5) is 0. The standard InChI is InChI=1S/C23H41NO.ClH/c1-5-24-17-10-12-22(3)16(14-17)6-7-18-20-9-8-19(15(2)25)23(20,4)13-11-21(18)22;/h15-21,24-25H,5-14H2,1-4H3;1H/t15?,16-,17+,18-,19+,20-,21-,22-,23+;/m0./s1. The predicted octanol–water partition coefficient (Wildman–Crippen LogP) is 5.43. The van der Waals surface area contributed by atoms with Crippen molar-refractivity contribution in [1.82, 2.24) is 5.32 Å². The van der Waals surface area contributed by atoms with Crippen molar-refractivity contribution in [2.45, 2.75) is 97.6 Å². The second-order valence-corrected chi connectivity index (χ2v) is 10.7. The molecule has 2 N–H and O–H groups in total. The van der Waals surface area contributed by atoms with E-state index in [4.69, 9.17) is 0 Å². The minimum Gasteiger partial charge on any atom is -0.393 e. The number of hydrogen-bond donors (Lipinski definition) is 2. The summed E-state index contributed by atoms with van der Waals surface area (Å²) in [6, 6.07) is 0.777. The van der Waals surface area contributed by atoms with Crippen molar-refractivity contribution >= 4 is 12.4 Å². The summed E-state index contributed by atoms with van der Waals surface area (Å²) in [7, 11) is 0. The molecule has 0 saturated heterocycles. The Bertz CT molecular complexity index is 497. The average molecular weight is 384 g/mol. The van der Waals surface area contributed by atoms with Gasteiger partial charge in [-0.15, -0.1) is 12.4 Å². The number of aliphatic hydroxyl groups excluding tert-OH is 1. The number of aliphatic hydroxyl groups is 1. The molecular weight excluding hydrogens is 342 g/mol. The van der Waals surface area contributed by atoms with Gasteiger partial charge in [0.15, 0.2) is 0 Å². The summed E-state index contributed by atoms with van der Waals surface area (Å²) >= 11 is 0. The Balaban J connectivity index is 0.00000196. The van der Waals surface area contributed by atoms with Crippen molar-refractivity contribution in [3.8, 4) is 0 Å². The van der Waals surface area contributed by atoms with Gasteiger partial charge in [0.1, 0.15) is 0 Å². The van der Waals surface area contributed by atoms with Crippen LogP contribution in [0.5, 0.6) is 0 Å². The molecule has 0 aromatic carbocycles. The molecule has 0 amide bonds. The molecule has 4 aliphatic rings. The molecule has 152 valence electrons. The fraction of sp³-hybridized carbons (Fsp3) is 1.00. The molecule has 4 saturated carbocycles. The number of halogens is 1. The van der Waals surface area contributed by atoms with Gasteiger partial charge < -0.3 is 10.4 Å². The Labute approximate surface area is 167 Å². The molecule has 3 heteroatoms. The van der Waals surface area contributed by atoms with Crippen LogP contribution in [0.3, 0.4) is 0 Å². The van der Waals surface area contributed by atoms with E-state index in [0.717, 1.165) is 36.3 Å². The van der Waals surface area contributed by atoms with Gasteiger partial charge in [-0.25, -0.2) is 0 Å². The number of hydrogen-bond acceptors (Lipinski definition) is 2. The SMILES string of the molecule is CCN[C@@H]1CC[C@@]2(C)[C@@H](CC[C@@H]3[C@@H]2CC[C@]2(C)[C@@H](C(C)O)CC[C@@H]32)C1.Cl. The molecule has 0 radical (unpaired) electrons. The highest BCUT2D eigenvalue weighted by Gasteiger charge is 2.60. The first kappa shape index (κ1) is 20.9. The third kappa shape index (κ3) is 3.07. The largest absolute Gasteiger partial charge is 0.393 e. The van der Waals surface area contributed by atoms with E-state index in [1.54, 1.807) is 0 Å². The third-order valence-electron chi connectivity index (χ3n) is 9.81. The Morgan fingerprint density at radius 1 is 0.962 bits per heavy atom. The molecule has 9 atom stereocenters. The van der Waals surface area contributed by atoms with Crippen LogP contribution >= 0.6 is 12.4 Å². The van der Waals surface area contributed by atoms with Crippen LogP contribution in [0.2, 0.25) is 0 Å². The van der Waals surface area contributed by atoms with Crippen molar-refractivity contribution in [3.63, 3.8) is 0 Å². The first-order valence-corrected chi connectivity index (χ1v) is 11.3. The van der Waals surface area contributed by atoms with Crippen LogP contribution in [-0.2, 0) is 0 Å². The maximum atomic E-state index is 10.4. The monoisotopic (exact) mass is 383 g/mol. The highest BCUT2D eigenvalue weighted by Crippen LogP contribution is 2.67. The van der Waals surface area contributed by atoms with Gasteiger partial charge in [0, 0.05) is 6.04 Å².